The number of aromatic nitrogens is 2. The molecule has 1 amide bonds. The fraction of sp³-hybridized carbons (Fsp3) is 0.353. The fourth-order valence-corrected chi connectivity index (χ4v) is 2.95. The van der Waals surface area contributed by atoms with E-state index in [0.717, 1.165) is 28.2 Å². The maximum absolute atomic E-state index is 12.4. The summed E-state index contributed by atoms with van der Waals surface area (Å²) in [5, 5.41) is 3.36. The van der Waals surface area contributed by atoms with E-state index in [9.17, 15) is 4.79 Å². The van der Waals surface area contributed by atoms with Gasteiger partial charge in [0, 0.05) is 17.1 Å². The van der Waals surface area contributed by atoms with Crippen LogP contribution < -0.4 is 5.32 Å². The van der Waals surface area contributed by atoms with E-state index in [4.69, 9.17) is 0 Å². The topological polar surface area (TPSA) is 54.9 Å². The Morgan fingerprint density at radius 1 is 1.14 bits per heavy atom. The second-order valence-electron chi connectivity index (χ2n) is 5.43. The SMILES string of the molecule is Cc1cc(C)nc(SC(C)C(=O)Nc2cccc(C)c2C)n1. The second kappa shape index (κ2) is 6.92. The highest BCUT2D eigenvalue weighted by atomic mass is 32.2. The Bertz CT molecular complexity index is 680. The van der Waals surface area contributed by atoms with Crippen LogP contribution in [0.4, 0.5) is 5.69 Å². The molecule has 1 aromatic heterocycles. The molecule has 1 atom stereocenters. The molecular weight excluding hydrogens is 294 g/mol. The maximum Gasteiger partial charge on any atom is 0.237 e. The zero-order valence-electron chi connectivity index (χ0n) is 13.6. The Morgan fingerprint density at radius 3 is 2.41 bits per heavy atom. The lowest BCUT2D eigenvalue weighted by Gasteiger charge is -2.14. The van der Waals surface area contributed by atoms with E-state index in [-0.39, 0.29) is 11.2 Å². The lowest BCUT2D eigenvalue weighted by atomic mass is 10.1. The molecule has 0 radical (unpaired) electrons. The van der Waals surface area contributed by atoms with Crippen molar-refractivity contribution in [1.29, 1.82) is 0 Å². The van der Waals surface area contributed by atoms with E-state index in [1.807, 2.05) is 58.9 Å². The highest BCUT2D eigenvalue weighted by Gasteiger charge is 2.17. The minimum atomic E-state index is -0.263. The first-order chi connectivity index (χ1) is 10.4. The number of aryl methyl sites for hydroxylation is 3. The van der Waals surface area contributed by atoms with Crippen LogP contribution in [0.25, 0.3) is 0 Å². The summed E-state index contributed by atoms with van der Waals surface area (Å²) in [7, 11) is 0. The van der Waals surface area contributed by atoms with Crippen molar-refractivity contribution in [3.05, 3.63) is 46.8 Å². The molecule has 0 saturated carbocycles. The Kier molecular flexibility index (Phi) is 5.19. The van der Waals surface area contributed by atoms with E-state index < -0.39 is 0 Å². The molecule has 0 aliphatic rings. The standard InChI is InChI=1S/C17H21N3OS/c1-10-7-6-8-15(13(10)4)20-16(21)14(5)22-17-18-11(2)9-12(3)19-17/h6-9,14H,1-5H3,(H,20,21). The van der Waals surface area contributed by atoms with Crippen LogP contribution >= 0.6 is 11.8 Å². The van der Waals surface area contributed by atoms with Crippen LogP contribution in [0.5, 0.6) is 0 Å². The van der Waals surface area contributed by atoms with E-state index in [1.54, 1.807) is 0 Å². The molecule has 0 aliphatic heterocycles. The summed E-state index contributed by atoms with van der Waals surface area (Å²) >= 11 is 1.38. The van der Waals surface area contributed by atoms with Gasteiger partial charge in [-0.1, -0.05) is 23.9 Å². The van der Waals surface area contributed by atoms with Crippen molar-refractivity contribution in [2.45, 2.75) is 45.0 Å². The molecule has 22 heavy (non-hydrogen) atoms. The third kappa shape index (κ3) is 4.07. The molecule has 4 nitrogen and oxygen atoms in total. The van der Waals surface area contributed by atoms with Crippen LogP contribution in [0.15, 0.2) is 29.4 Å². The van der Waals surface area contributed by atoms with Crippen LogP contribution in [0.1, 0.15) is 29.4 Å². The highest BCUT2D eigenvalue weighted by Crippen LogP contribution is 2.23. The first-order valence-corrected chi connectivity index (χ1v) is 8.11. The number of thioether (sulfide) groups is 1. The van der Waals surface area contributed by atoms with E-state index >= 15 is 0 Å². The second-order valence-corrected chi connectivity index (χ2v) is 6.74. The third-order valence-corrected chi connectivity index (χ3v) is 4.44. The first kappa shape index (κ1) is 16.5. The van der Waals surface area contributed by atoms with Gasteiger partial charge in [0.1, 0.15) is 0 Å². The Hall–Kier alpha value is -1.88. The van der Waals surface area contributed by atoms with E-state index in [2.05, 4.69) is 15.3 Å². The minimum absolute atomic E-state index is 0.0403. The molecule has 0 fully saturated rings. The van der Waals surface area contributed by atoms with Crippen LogP contribution in [-0.4, -0.2) is 21.1 Å². The van der Waals surface area contributed by atoms with Gasteiger partial charge in [0.15, 0.2) is 5.16 Å². The number of anilines is 1. The maximum atomic E-state index is 12.4. The van der Waals surface area contributed by atoms with Gasteiger partial charge in [-0.25, -0.2) is 9.97 Å². The Balaban J connectivity index is 2.07. The number of hydrogen-bond acceptors (Lipinski definition) is 4. The van der Waals surface area contributed by atoms with Gasteiger partial charge in [-0.2, -0.15) is 0 Å². The highest BCUT2D eigenvalue weighted by molar-refractivity contribution is 8.00. The normalized spacial score (nSPS) is 12.0. The number of carbonyl (C=O) groups is 1. The summed E-state index contributed by atoms with van der Waals surface area (Å²) in [6.45, 7) is 9.77. The van der Waals surface area contributed by atoms with Crippen molar-refractivity contribution in [2.24, 2.45) is 0 Å². The quantitative estimate of drug-likeness (QED) is 0.688. The predicted molar refractivity (Wildman–Crippen MR) is 91.4 cm³/mol. The van der Waals surface area contributed by atoms with Gasteiger partial charge in [-0.05, 0) is 57.9 Å². The van der Waals surface area contributed by atoms with Gasteiger partial charge < -0.3 is 5.32 Å². The summed E-state index contributed by atoms with van der Waals surface area (Å²) in [5.41, 5.74) is 4.94. The van der Waals surface area contributed by atoms with Gasteiger partial charge in [0.25, 0.3) is 0 Å². The molecule has 0 bridgehead atoms. The lowest BCUT2D eigenvalue weighted by molar-refractivity contribution is -0.115. The summed E-state index contributed by atoms with van der Waals surface area (Å²) in [6.07, 6.45) is 0. The van der Waals surface area contributed by atoms with Crippen LogP contribution in [0.3, 0.4) is 0 Å². The summed E-state index contributed by atoms with van der Waals surface area (Å²) in [4.78, 5) is 21.1. The molecule has 116 valence electrons. The zero-order chi connectivity index (χ0) is 16.3. The molecule has 1 heterocycles. The van der Waals surface area contributed by atoms with Gasteiger partial charge in [0.05, 0.1) is 5.25 Å². The van der Waals surface area contributed by atoms with Crippen molar-refractivity contribution in [3.8, 4) is 0 Å². The zero-order valence-corrected chi connectivity index (χ0v) is 14.4. The van der Waals surface area contributed by atoms with Crippen molar-refractivity contribution < 1.29 is 4.79 Å². The van der Waals surface area contributed by atoms with Gasteiger partial charge in [0.2, 0.25) is 5.91 Å². The van der Waals surface area contributed by atoms with Crippen molar-refractivity contribution in [2.75, 3.05) is 5.32 Å². The number of carbonyl (C=O) groups excluding carboxylic acids is 1. The minimum Gasteiger partial charge on any atom is -0.325 e. The molecule has 2 aromatic rings. The Morgan fingerprint density at radius 2 is 1.77 bits per heavy atom. The molecule has 5 heteroatoms. The number of rotatable bonds is 4. The van der Waals surface area contributed by atoms with E-state index in [1.165, 1.54) is 11.8 Å². The van der Waals surface area contributed by atoms with Crippen LogP contribution in [-0.2, 0) is 4.79 Å². The predicted octanol–water partition coefficient (Wildman–Crippen LogP) is 3.83. The van der Waals surface area contributed by atoms with Gasteiger partial charge >= 0.3 is 0 Å². The van der Waals surface area contributed by atoms with Crippen LogP contribution in [0, 0.1) is 27.7 Å². The van der Waals surface area contributed by atoms with Crippen molar-refractivity contribution in [1.82, 2.24) is 9.97 Å². The lowest BCUT2D eigenvalue weighted by Crippen LogP contribution is -2.23. The molecule has 1 N–H and O–H groups in total. The number of benzene rings is 1. The van der Waals surface area contributed by atoms with Crippen molar-refractivity contribution >= 4 is 23.4 Å². The van der Waals surface area contributed by atoms with E-state index in [0.29, 0.717) is 5.16 Å². The average Bonchev–Trinajstić information content (AvgIpc) is 2.42. The van der Waals surface area contributed by atoms with Crippen LogP contribution in [0.2, 0.25) is 0 Å². The first-order valence-electron chi connectivity index (χ1n) is 7.23. The molecule has 1 unspecified atom stereocenters. The summed E-state index contributed by atoms with van der Waals surface area (Å²) in [5.74, 6) is -0.0403. The van der Waals surface area contributed by atoms with Crippen molar-refractivity contribution in [3.63, 3.8) is 0 Å². The molecule has 0 spiro atoms. The molecule has 0 saturated heterocycles. The Labute approximate surface area is 135 Å². The number of nitrogens with zero attached hydrogens (tertiary/aromatic N) is 2. The smallest absolute Gasteiger partial charge is 0.237 e. The fourth-order valence-electron chi connectivity index (χ4n) is 2.08. The molecule has 1 aromatic carbocycles. The number of nitrogens with one attached hydrogen (secondary N) is 1. The van der Waals surface area contributed by atoms with Gasteiger partial charge in [-0.15, -0.1) is 0 Å². The summed E-state index contributed by atoms with van der Waals surface area (Å²) in [6, 6.07) is 7.82. The van der Waals surface area contributed by atoms with Gasteiger partial charge in [-0.3, -0.25) is 4.79 Å². The largest absolute Gasteiger partial charge is 0.325 e. The number of amides is 1. The average molecular weight is 315 g/mol. The summed E-state index contributed by atoms with van der Waals surface area (Å²) < 4.78 is 0. The monoisotopic (exact) mass is 315 g/mol. The third-order valence-electron chi connectivity index (χ3n) is 3.48. The molecular formula is C17H21N3OS. The molecule has 0 aliphatic carbocycles. The molecule has 2 rings (SSSR count). The number of hydrogen-bond donors (Lipinski definition) is 1.